The lowest BCUT2D eigenvalue weighted by atomic mass is 10.1. The normalized spacial score (nSPS) is 14.3. The summed E-state index contributed by atoms with van der Waals surface area (Å²) >= 11 is 0. The SMILES string of the molecule is COC(=O)c1ccc(NC(=O)CC2C(=O)NNC2=O)cc1. The van der Waals surface area contributed by atoms with Crippen LogP contribution in [0.15, 0.2) is 24.3 Å². The zero-order chi connectivity index (χ0) is 15.4. The van der Waals surface area contributed by atoms with Crippen molar-refractivity contribution in [3.8, 4) is 0 Å². The minimum atomic E-state index is -1.03. The predicted octanol–water partition coefficient (Wildman–Crippen LogP) is -0.421. The topological polar surface area (TPSA) is 114 Å². The second-order valence-electron chi connectivity index (χ2n) is 4.35. The summed E-state index contributed by atoms with van der Waals surface area (Å²) in [6, 6.07) is 6.05. The predicted molar refractivity (Wildman–Crippen MR) is 70.8 cm³/mol. The van der Waals surface area contributed by atoms with Gasteiger partial charge in [-0.15, -0.1) is 0 Å². The van der Waals surface area contributed by atoms with Gasteiger partial charge in [0.15, 0.2) is 0 Å². The molecule has 0 saturated carbocycles. The van der Waals surface area contributed by atoms with Crippen LogP contribution in [-0.2, 0) is 19.1 Å². The lowest BCUT2D eigenvalue weighted by Gasteiger charge is -2.07. The Morgan fingerprint density at radius 1 is 1.14 bits per heavy atom. The number of hydrogen-bond acceptors (Lipinski definition) is 5. The van der Waals surface area contributed by atoms with E-state index in [2.05, 4.69) is 20.9 Å². The van der Waals surface area contributed by atoms with Gasteiger partial charge in [-0.2, -0.15) is 0 Å². The molecule has 0 spiro atoms. The fourth-order valence-electron chi connectivity index (χ4n) is 1.81. The van der Waals surface area contributed by atoms with Gasteiger partial charge in [-0.25, -0.2) is 4.79 Å². The van der Waals surface area contributed by atoms with Gasteiger partial charge in [0.05, 0.1) is 12.7 Å². The number of esters is 1. The van der Waals surface area contributed by atoms with E-state index in [1.165, 1.54) is 31.4 Å². The largest absolute Gasteiger partial charge is 0.465 e. The molecule has 110 valence electrons. The van der Waals surface area contributed by atoms with Gasteiger partial charge in [-0.3, -0.25) is 25.2 Å². The fraction of sp³-hybridized carbons (Fsp3) is 0.231. The van der Waals surface area contributed by atoms with E-state index in [1.54, 1.807) is 0 Å². The minimum Gasteiger partial charge on any atom is -0.465 e. The molecule has 0 bridgehead atoms. The van der Waals surface area contributed by atoms with Gasteiger partial charge in [0.25, 0.3) is 11.8 Å². The maximum atomic E-state index is 11.8. The van der Waals surface area contributed by atoms with Crippen LogP contribution in [0.2, 0.25) is 0 Å². The number of benzene rings is 1. The van der Waals surface area contributed by atoms with E-state index < -0.39 is 29.6 Å². The van der Waals surface area contributed by atoms with E-state index >= 15 is 0 Å². The number of ether oxygens (including phenoxy) is 1. The van der Waals surface area contributed by atoms with Crippen molar-refractivity contribution in [2.45, 2.75) is 6.42 Å². The van der Waals surface area contributed by atoms with Gasteiger partial charge in [-0.05, 0) is 24.3 Å². The molecule has 0 radical (unpaired) electrons. The Bertz CT molecular complexity index is 580. The van der Waals surface area contributed by atoms with Crippen LogP contribution in [-0.4, -0.2) is 30.8 Å². The molecule has 3 amide bonds. The van der Waals surface area contributed by atoms with Crippen molar-refractivity contribution >= 4 is 29.4 Å². The summed E-state index contributed by atoms with van der Waals surface area (Å²) in [5.74, 6) is -3.04. The lowest BCUT2D eigenvalue weighted by Crippen LogP contribution is -2.28. The number of hydrazine groups is 1. The number of nitrogens with one attached hydrogen (secondary N) is 3. The quantitative estimate of drug-likeness (QED) is 0.515. The highest BCUT2D eigenvalue weighted by Gasteiger charge is 2.34. The smallest absolute Gasteiger partial charge is 0.337 e. The molecule has 2 rings (SSSR count). The molecule has 1 heterocycles. The molecule has 1 saturated heterocycles. The summed E-state index contributed by atoms with van der Waals surface area (Å²) < 4.78 is 4.55. The number of methoxy groups -OCH3 is 1. The molecule has 1 aliphatic rings. The molecule has 21 heavy (non-hydrogen) atoms. The maximum Gasteiger partial charge on any atom is 0.337 e. The van der Waals surface area contributed by atoms with E-state index in [1.807, 2.05) is 0 Å². The first-order valence-electron chi connectivity index (χ1n) is 6.09. The van der Waals surface area contributed by atoms with Crippen molar-refractivity contribution in [2.75, 3.05) is 12.4 Å². The van der Waals surface area contributed by atoms with Gasteiger partial charge in [0, 0.05) is 12.1 Å². The van der Waals surface area contributed by atoms with Crippen molar-refractivity contribution in [2.24, 2.45) is 5.92 Å². The summed E-state index contributed by atoms with van der Waals surface area (Å²) in [4.78, 5) is 45.6. The second kappa shape index (κ2) is 6.04. The third-order valence-electron chi connectivity index (χ3n) is 2.92. The van der Waals surface area contributed by atoms with Gasteiger partial charge in [0.1, 0.15) is 5.92 Å². The molecule has 1 fully saturated rings. The van der Waals surface area contributed by atoms with E-state index in [0.717, 1.165) is 0 Å². The van der Waals surface area contributed by atoms with Crippen molar-refractivity contribution < 1.29 is 23.9 Å². The molecule has 1 aliphatic heterocycles. The van der Waals surface area contributed by atoms with Gasteiger partial charge in [-0.1, -0.05) is 0 Å². The molecule has 0 aromatic heterocycles. The molecule has 8 heteroatoms. The Hall–Kier alpha value is -2.90. The average Bonchev–Trinajstić information content (AvgIpc) is 2.79. The summed E-state index contributed by atoms with van der Waals surface area (Å²) in [5, 5.41) is 2.54. The Kier molecular flexibility index (Phi) is 4.17. The average molecular weight is 291 g/mol. The van der Waals surface area contributed by atoms with Crippen molar-refractivity contribution in [3.05, 3.63) is 29.8 Å². The second-order valence-corrected chi connectivity index (χ2v) is 4.35. The number of rotatable bonds is 4. The highest BCUT2D eigenvalue weighted by molar-refractivity contribution is 6.09. The van der Waals surface area contributed by atoms with Crippen LogP contribution in [0.5, 0.6) is 0 Å². The summed E-state index contributed by atoms with van der Waals surface area (Å²) in [6.07, 6.45) is -0.254. The van der Waals surface area contributed by atoms with Gasteiger partial charge >= 0.3 is 5.97 Å². The van der Waals surface area contributed by atoms with Crippen LogP contribution >= 0.6 is 0 Å². The summed E-state index contributed by atoms with van der Waals surface area (Å²) in [7, 11) is 1.27. The summed E-state index contributed by atoms with van der Waals surface area (Å²) in [5.41, 5.74) is 5.09. The molecule has 3 N–H and O–H groups in total. The number of amides is 3. The first-order chi connectivity index (χ1) is 10.0. The van der Waals surface area contributed by atoms with Gasteiger partial charge in [0.2, 0.25) is 5.91 Å². The van der Waals surface area contributed by atoms with Crippen LogP contribution in [0.1, 0.15) is 16.8 Å². The molecule has 0 atom stereocenters. The van der Waals surface area contributed by atoms with Gasteiger partial charge < -0.3 is 10.1 Å². The monoisotopic (exact) mass is 291 g/mol. The zero-order valence-electron chi connectivity index (χ0n) is 11.1. The maximum absolute atomic E-state index is 11.8. The van der Waals surface area contributed by atoms with E-state index in [9.17, 15) is 19.2 Å². The third kappa shape index (κ3) is 3.35. The highest BCUT2D eigenvalue weighted by Crippen LogP contribution is 2.13. The van der Waals surface area contributed by atoms with E-state index in [-0.39, 0.29) is 6.42 Å². The van der Waals surface area contributed by atoms with Crippen LogP contribution < -0.4 is 16.2 Å². The lowest BCUT2D eigenvalue weighted by molar-refractivity contribution is -0.131. The molecule has 8 nitrogen and oxygen atoms in total. The Morgan fingerprint density at radius 2 is 1.71 bits per heavy atom. The Balaban J connectivity index is 1.95. The van der Waals surface area contributed by atoms with Crippen molar-refractivity contribution in [1.29, 1.82) is 0 Å². The number of carbonyl (C=O) groups is 4. The van der Waals surface area contributed by atoms with Crippen molar-refractivity contribution in [1.82, 2.24) is 10.9 Å². The fourth-order valence-corrected chi connectivity index (χ4v) is 1.81. The molecular weight excluding hydrogens is 278 g/mol. The Labute approximate surface area is 119 Å². The standard InChI is InChI=1S/C13H13N3O5/c1-21-13(20)7-2-4-8(5-3-7)14-10(17)6-9-11(18)15-16-12(9)19/h2-5,9H,6H2,1H3,(H,14,17)(H,15,18)(H,16,19). The van der Waals surface area contributed by atoms with Crippen LogP contribution in [0.25, 0.3) is 0 Å². The summed E-state index contributed by atoms with van der Waals surface area (Å²) in [6.45, 7) is 0. The highest BCUT2D eigenvalue weighted by atomic mass is 16.5. The van der Waals surface area contributed by atoms with Crippen LogP contribution in [0.4, 0.5) is 5.69 Å². The van der Waals surface area contributed by atoms with E-state index in [0.29, 0.717) is 11.3 Å². The molecule has 1 aromatic carbocycles. The number of hydrogen-bond donors (Lipinski definition) is 3. The first kappa shape index (κ1) is 14.5. The van der Waals surface area contributed by atoms with E-state index in [4.69, 9.17) is 0 Å². The zero-order valence-corrected chi connectivity index (χ0v) is 11.1. The molecule has 1 aromatic rings. The molecule has 0 unspecified atom stereocenters. The Morgan fingerprint density at radius 3 is 2.24 bits per heavy atom. The minimum absolute atomic E-state index is 0.254. The number of carbonyl (C=O) groups excluding carboxylic acids is 4. The number of anilines is 1. The first-order valence-corrected chi connectivity index (χ1v) is 6.09. The third-order valence-corrected chi connectivity index (χ3v) is 2.92. The molecule has 0 aliphatic carbocycles. The van der Waals surface area contributed by atoms with Crippen LogP contribution in [0, 0.1) is 5.92 Å². The van der Waals surface area contributed by atoms with Crippen molar-refractivity contribution in [3.63, 3.8) is 0 Å². The van der Waals surface area contributed by atoms with Crippen LogP contribution in [0.3, 0.4) is 0 Å². The molecular formula is C13H13N3O5.